The molecular formula is C50H58. The quantitative estimate of drug-likeness (QED) is 0.177. The average molecular weight is 659 g/mol. The van der Waals surface area contributed by atoms with Crippen LogP contribution in [0.5, 0.6) is 0 Å². The van der Waals surface area contributed by atoms with Crippen LogP contribution >= 0.6 is 0 Å². The maximum atomic E-state index is 2.79. The molecule has 4 aromatic rings. The number of benzene rings is 4. The van der Waals surface area contributed by atoms with Gasteiger partial charge in [0, 0.05) is 16.2 Å². The van der Waals surface area contributed by atoms with Gasteiger partial charge >= 0.3 is 0 Å². The minimum Gasteiger partial charge on any atom is -0.0657 e. The zero-order valence-electron chi connectivity index (χ0n) is 32.5. The SMILES string of the molecule is CCC(CC)C1=CC2(CC(C(CC)CC)=C1)c1ccc3c(c1-c1ccc4cc(CC(C)C)ccc4c12)C(C)(C)C1=C3C(C)(C)c2ccccc21. The van der Waals surface area contributed by atoms with Crippen LogP contribution in [0.2, 0.25) is 0 Å². The van der Waals surface area contributed by atoms with Crippen LogP contribution in [0.4, 0.5) is 0 Å². The zero-order valence-corrected chi connectivity index (χ0v) is 32.5. The van der Waals surface area contributed by atoms with Gasteiger partial charge in [0.05, 0.1) is 0 Å². The molecule has 4 aromatic carbocycles. The van der Waals surface area contributed by atoms with Crippen LogP contribution in [0.1, 0.15) is 140 Å². The van der Waals surface area contributed by atoms with Gasteiger partial charge in [-0.3, -0.25) is 0 Å². The van der Waals surface area contributed by atoms with Crippen LogP contribution in [0.3, 0.4) is 0 Å². The molecule has 0 heteroatoms. The van der Waals surface area contributed by atoms with Crippen LogP contribution in [-0.2, 0) is 22.7 Å². The van der Waals surface area contributed by atoms with Crippen molar-refractivity contribution in [1.82, 2.24) is 0 Å². The molecule has 0 bridgehead atoms. The van der Waals surface area contributed by atoms with Crippen LogP contribution in [0.15, 0.2) is 90.0 Å². The highest BCUT2D eigenvalue weighted by Gasteiger charge is 2.54. The lowest BCUT2D eigenvalue weighted by atomic mass is 9.64. The summed E-state index contributed by atoms with van der Waals surface area (Å²) in [4.78, 5) is 0. The van der Waals surface area contributed by atoms with Gasteiger partial charge in [0.1, 0.15) is 0 Å². The van der Waals surface area contributed by atoms with Crippen molar-refractivity contribution < 1.29 is 0 Å². The summed E-state index contributed by atoms with van der Waals surface area (Å²) < 4.78 is 0. The van der Waals surface area contributed by atoms with Gasteiger partial charge in [0.2, 0.25) is 0 Å². The molecule has 0 heterocycles. The second-order valence-corrected chi connectivity index (χ2v) is 17.6. The van der Waals surface area contributed by atoms with Crippen LogP contribution < -0.4 is 0 Å². The Morgan fingerprint density at radius 3 is 2.02 bits per heavy atom. The number of hydrogen-bond acceptors (Lipinski definition) is 0. The van der Waals surface area contributed by atoms with Gasteiger partial charge in [0.15, 0.2) is 0 Å². The predicted molar refractivity (Wildman–Crippen MR) is 217 cm³/mol. The Hall–Kier alpha value is -3.64. The minimum absolute atomic E-state index is 0.0310. The minimum atomic E-state index is -0.181. The van der Waals surface area contributed by atoms with E-state index in [1.807, 2.05) is 0 Å². The van der Waals surface area contributed by atoms with Crippen molar-refractivity contribution in [3.05, 3.63) is 129 Å². The number of hydrogen-bond donors (Lipinski definition) is 0. The first-order chi connectivity index (χ1) is 23.9. The molecule has 50 heavy (non-hydrogen) atoms. The maximum Gasteiger partial charge on any atom is 0.0443 e. The molecule has 0 N–H and O–H groups in total. The lowest BCUT2D eigenvalue weighted by Crippen LogP contribution is -2.30. The van der Waals surface area contributed by atoms with E-state index in [4.69, 9.17) is 0 Å². The van der Waals surface area contributed by atoms with Gasteiger partial charge in [-0.2, -0.15) is 0 Å². The fourth-order valence-electron chi connectivity index (χ4n) is 11.4. The molecular weight excluding hydrogens is 601 g/mol. The first-order valence-electron chi connectivity index (χ1n) is 20.0. The summed E-state index contributed by atoms with van der Waals surface area (Å²) in [7, 11) is 0. The Balaban J connectivity index is 1.46. The number of rotatable bonds is 8. The van der Waals surface area contributed by atoms with E-state index in [1.165, 1.54) is 69.8 Å². The Labute approximate surface area is 302 Å². The standard InChI is InChI=1S/C50H58/c1-11-32(12-2)35-27-36(33(13-3)14-4)29-50(28-35)42-24-23-40-45(49(9,10)46-38-17-15-16-18-41(38)48(7,8)47(40)46)43(42)39-22-20-34-26-31(25-30(5)6)19-21-37(34)44(39)50/h15-24,26-28,30,32-33H,11-14,25,29H2,1-10H3. The highest BCUT2D eigenvalue weighted by Crippen LogP contribution is 2.67. The smallest absolute Gasteiger partial charge is 0.0443 e. The van der Waals surface area contributed by atoms with Gasteiger partial charge < -0.3 is 0 Å². The topological polar surface area (TPSA) is 0 Å². The van der Waals surface area contributed by atoms with Crippen molar-refractivity contribution in [3.63, 3.8) is 0 Å². The van der Waals surface area contributed by atoms with E-state index in [-0.39, 0.29) is 16.2 Å². The molecule has 1 unspecified atom stereocenters. The molecule has 4 aliphatic rings. The Kier molecular flexibility index (Phi) is 7.84. The Bertz CT molecular complexity index is 2130. The van der Waals surface area contributed by atoms with E-state index in [2.05, 4.69) is 148 Å². The van der Waals surface area contributed by atoms with Crippen molar-refractivity contribution in [3.8, 4) is 11.1 Å². The van der Waals surface area contributed by atoms with E-state index in [9.17, 15) is 0 Å². The molecule has 4 aliphatic carbocycles. The molecule has 0 saturated heterocycles. The summed E-state index contributed by atoms with van der Waals surface area (Å²) in [5, 5.41) is 2.85. The maximum absolute atomic E-state index is 2.79. The zero-order chi connectivity index (χ0) is 35.3. The molecule has 258 valence electrons. The molecule has 0 nitrogen and oxygen atoms in total. The summed E-state index contributed by atoms with van der Waals surface area (Å²) >= 11 is 0. The second-order valence-electron chi connectivity index (χ2n) is 17.6. The van der Waals surface area contributed by atoms with Crippen molar-refractivity contribution >= 4 is 21.9 Å². The summed E-state index contributed by atoms with van der Waals surface area (Å²) in [5.41, 5.74) is 19.6. The molecule has 0 saturated carbocycles. The molecule has 0 aromatic heterocycles. The second kappa shape index (κ2) is 11.7. The van der Waals surface area contributed by atoms with Crippen molar-refractivity contribution in [2.45, 2.75) is 124 Å². The van der Waals surface area contributed by atoms with Crippen molar-refractivity contribution in [2.24, 2.45) is 17.8 Å². The highest BCUT2D eigenvalue weighted by atomic mass is 14.6. The molecule has 0 fully saturated rings. The Morgan fingerprint density at radius 2 is 1.32 bits per heavy atom. The molecule has 1 atom stereocenters. The van der Waals surface area contributed by atoms with Crippen LogP contribution in [-0.4, -0.2) is 0 Å². The van der Waals surface area contributed by atoms with E-state index in [0.29, 0.717) is 17.8 Å². The fourth-order valence-corrected chi connectivity index (χ4v) is 11.4. The van der Waals surface area contributed by atoms with E-state index < -0.39 is 0 Å². The average Bonchev–Trinajstić information content (AvgIpc) is 3.61. The first kappa shape index (κ1) is 33.5. The summed E-state index contributed by atoms with van der Waals surface area (Å²) in [5.74, 6) is 1.83. The molecule has 8 rings (SSSR count). The van der Waals surface area contributed by atoms with Crippen molar-refractivity contribution in [1.29, 1.82) is 0 Å². The number of allylic oxidation sites excluding steroid dienone is 6. The lowest BCUT2D eigenvalue weighted by Gasteiger charge is -2.39. The summed E-state index contributed by atoms with van der Waals surface area (Å²) in [6.07, 6.45) is 12.4. The monoisotopic (exact) mass is 658 g/mol. The van der Waals surface area contributed by atoms with Gasteiger partial charge in [-0.15, -0.1) is 0 Å². The number of fused-ring (bicyclic) bond motifs is 12. The molecule has 0 aliphatic heterocycles. The highest BCUT2D eigenvalue weighted by molar-refractivity contribution is 6.12. The van der Waals surface area contributed by atoms with Gasteiger partial charge in [-0.1, -0.05) is 154 Å². The lowest BCUT2D eigenvalue weighted by molar-refractivity contribution is 0.491. The van der Waals surface area contributed by atoms with Crippen LogP contribution in [0, 0.1) is 17.8 Å². The van der Waals surface area contributed by atoms with E-state index in [1.54, 1.807) is 39.0 Å². The molecule has 0 amide bonds. The third-order valence-corrected chi connectivity index (χ3v) is 13.6. The molecule has 0 radical (unpaired) electrons. The first-order valence-corrected chi connectivity index (χ1v) is 20.0. The predicted octanol–water partition coefficient (Wildman–Crippen LogP) is 13.9. The van der Waals surface area contributed by atoms with E-state index in [0.717, 1.165) is 12.8 Å². The Morgan fingerprint density at radius 1 is 0.640 bits per heavy atom. The molecule has 1 spiro atoms. The fraction of sp³-hybridized carbons (Fsp3) is 0.440. The summed E-state index contributed by atoms with van der Waals surface area (Å²) in [6, 6.07) is 26.8. The van der Waals surface area contributed by atoms with Gasteiger partial charge in [0.25, 0.3) is 0 Å². The summed E-state index contributed by atoms with van der Waals surface area (Å²) in [6.45, 7) is 24.2. The normalized spacial score (nSPS) is 20.8. The van der Waals surface area contributed by atoms with Gasteiger partial charge in [-0.25, -0.2) is 0 Å². The van der Waals surface area contributed by atoms with Crippen LogP contribution in [0.25, 0.3) is 33.0 Å². The van der Waals surface area contributed by atoms with E-state index >= 15 is 0 Å². The third kappa shape index (κ3) is 4.49. The van der Waals surface area contributed by atoms with Gasteiger partial charge in [-0.05, 0) is 134 Å². The van der Waals surface area contributed by atoms with Crippen molar-refractivity contribution in [2.75, 3.05) is 0 Å². The third-order valence-electron chi connectivity index (χ3n) is 13.6. The largest absolute Gasteiger partial charge is 0.0657 e.